The van der Waals surface area contributed by atoms with Crippen LogP contribution < -0.4 is 10.0 Å². The summed E-state index contributed by atoms with van der Waals surface area (Å²) < 4.78 is 27.6. The fourth-order valence-electron chi connectivity index (χ4n) is 2.99. The molecule has 0 unspecified atom stereocenters. The first-order chi connectivity index (χ1) is 14.9. The Bertz CT molecular complexity index is 1220. The van der Waals surface area contributed by atoms with Gasteiger partial charge in [-0.1, -0.05) is 68.2 Å². The molecular weight excluding hydrogens is 467 g/mol. The Morgan fingerprint density at radius 1 is 0.844 bits per heavy atom. The zero-order valence-corrected chi connectivity index (χ0v) is 20.3. The molecule has 0 aliphatic heterocycles. The second-order valence-corrected chi connectivity index (χ2v) is 10.9. The number of hydrogen-bond acceptors (Lipinski definition) is 3. The number of carbonyl (C=O) groups is 1. The van der Waals surface area contributed by atoms with Gasteiger partial charge < -0.3 is 5.32 Å². The molecule has 3 aromatic carbocycles. The highest BCUT2D eigenvalue weighted by Gasteiger charge is 2.16. The molecule has 0 saturated heterocycles. The first kappa shape index (κ1) is 24.1. The molecular formula is C24H24Cl2N2O3S. The maximum absolute atomic E-state index is 12.5. The van der Waals surface area contributed by atoms with Crippen LogP contribution >= 0.6 is 23.2 Å². The minimum Gasteiger partial charge on any atom is -0.326 e. The molecule has 3 rings (SSSR count). The highest BCUT2D eigenvalue weighted by molar-refractivity contribution is 7.92. The first-order valence-corrected chi connectivity index (χ1v) is 12.2. The molecule has 32 heavy (non-hydrogen) atoms. The Kier molecular flexibility index (Phi) is 7.18. The molecule has 0 saturated carbocycles. The van der Waals surface area contributed by atoms with Crippen molar-refractivity contribution in [3.8, 4) is 0 Å². The number of nitrogens with one attached hydrogen (secondary N) is 2. The van der Waals surface area contributed by atoms with Gasteiger partial charge in [-0.05, 0) is 59.0 Å². The Morgan fingerprint density at radius 3 is 2.00 bits per heavy atom. The monoisotopic (exact) mass is 490 g/mol. The molecule has 0 aliphatic carbocycles. The Labute approximate surface area is 198 Å². The van der Waals surface area contributed by atoms with Crippen LogP contribution in [0.3, 0.4) is 0 Å². The second kappa shape index (κ2) is 9.53. The summed E-state index contributed by atoms with van der Waals surface area (Å²) in [4.78, 5) is 12.4. The topological polar surface area (TPSA) is 75.3 Å². The van der Waals surface area contributed by atoms with Gasteiger partial charge in [0.1, 0.15) is 0 Å². The Balaban J connectivity index is 1.61. The molecule has 0 radical (unpaired) electrons. The van der Waals surface area contributed by atoms with Crippen LogP contribution in [-0.4, -0.2) is 14.3 Å². The molecule has 0 fully saturated rings. The van der Waals surface area contributed by atoms with Crippen molar-refractivity contribution in [3.63, 3.8) is 0 Å². The summed E-state index contributed by atoms with van der Waals surface area (Å²) in [5, 5.41) is 3.31. The smallest absolute Gasteiger partial charge is 0.261 e. The summed E-state index contributed by atoms with van der Waals surface area (Å²) in [5.74, 6) is -0.155. The molecule has 0 aliphatic rings. The van der Waals surface area contributed by atoms with E-state index in [0.29, 0.717) is 5.69 Å². The van der Waals surface area contributed by atoms with Gasteiger partial charge in [-0.3, -0.25) is 9.52 Å². The minimum absolute atomic E-state index is 0.00725. The van der Waals surface area contributed by atoms with Crippen LogP contribution in [0.15, 0.2) is 71.6 Å². The van der Waals surface area contributed by atoms with E-state index in [4.69, 9.17) is 23.2 Å². The summed E-state index contributed by atoms with van der Waals surface area (Å²) >= 11 is 11.8. The molecule has 3 aromatic rings. The molecule has 5 nitrogen and oxygen atoms in total. The van der Waals surface area contributed by atoms with Crippen LogP contribution in [0.2, 0.25) is 10.0 Å². The average molecular weight is 491 g/mol. The largest absolute Gasteiger partial charge is 0.326 e. The lowest BCUT2D eigenvalue weighted by Crippen LogP contribution is -2.15. The number of amides is 1. The van der Waals surface area contributed by atoms with Crippen LogP contribution in [0.1, 0.15) is 31.9 Å². The summed E-state index contributed by atoms with van der Waals surface area (Å²) in [6.45, 7) is 6.40. The Morgan fingerprint density at radius 2 is 1.44 bits per heavy atom. The van der Waals surface area contributed by atoms with E-state index in [1.54, 1.807) is 24.3 Å². The molecule has 1 amide bonds. The van der Waals surface area contributed by atoms with Crippen molar-refractivity contribution in [1.82, 2.24) is 0 Å². The van der Waals surface area contributed by atoms with Gasteiger partial charge in [0.05, 0.1) is 21.4 Å². The lowest BCUT2D eigenvalue weighted by atomic mass is 9.87. The van der Waals surface area contributed by atoms with Crippen molar-refractivity contribution in [3.05, 3.63) is 87.9 Å². The van der Waals surface area contributed by atoms with Gasteiger partial charge in [0.2, 0.25) is 5.91 Å². The van der Waals surface area contributed by atoms with Crippen LogP contribution in [0.25, 0.3) is 0 Å². The number of halogens is 2. The van der Waals surface area contributed by atoms with Gasteiger partial charge in [0.25, 0.3) is 10.0 Å². The highest BCUT2D eigenvalue weighted by atomic mass is 35.5. The van der Waals surface area contributed by atoms with E-state index in [2.05, 4.69) is 30.8 Å². The van der Waals surface area contributed by atoms with Crippen molar-refractivity contribution in [2.45, 2.75) is 37.5 Å². The molecule has 0 bridgehead atoms. The van der Waals surface area contributed by atoms with Crippen molar-refractivity contribution < 1.29 is 13.2 Å². The quantitative estimate of drug-likeness (QED) is 0.427. The number of rotatable bonds is 6. The fraction of sp³-hybridized carbons (Fsp3) is 0.208. The number of hydrogen-bond donors (Lipinski definition) is 2. The van der Waals surface area contributed by atoms with Gasteiger partial charge in [0, 0.05) is 11.4 Å². The van der Waals surface area contributed by atoms with Gasteiger partial charge >= 0.3 is 0 Å². The zero-order valence-electron chi connectivity index (χ0n) is 17.9. The standard InChI is InChI=1S/C24H24Cl2N2O3S/c1-24(2,3)17-6-10-18(11-7-17)27-23(29)14-16-4-8-19(9-5-16)28-32(30,31)20-12-13-21(25)22(26)15-20/h4-13,15,28H,14H2,1-3H3,(H,27,29). The van der Waals surface area contributed by atoms with E-state index < -0.39 is 10.0 Å². The van der Waals surface area contributed by atoms with E-state index in [1.807, 2.05) is 24.3 Å². The van der Waals surface area contributed by atoms with E-state index >= 15 is 0 Å². The zero-order chi connectivity index (χ0) is 23.5. The fourth-order valence-corrected chi connectivity index (χ4v) is 4.44. The molecule has 8 heteroatoms. The summed E-state index contributed by atoms with van der Waals surface area (Å²) in [5.41, 5.74) is 3.10. The van der Waals surface area contributed by atoms with Gasteiger partial charge in [-0.2, -0.15) is 0 Å². The molecule has 0 aromatic heterocycles. The van der Waals surface area contributed by atoms with Crippen molar-refractivity contribution in [2.75, 3.05) is 10.0 Å². The van der Waals surface area contributed by atoms with E-state index in [-0.39, 0.29) is 32.7 Å². The molecule has 2 N–H and O–H groups in total. The highest BCUT2D eigenvalue weighted by Crippen LogP contribution is 2.26. The van der Waals surface area contributed by atoms with Gasteiger partial charge in [0.15, 0.2) is 0 Å². The molecule has 0 spiro atoms. The summed E-state index contributed by atoms with van der Waals surface area (Å²) in [6.07, 6.45) is 0.168. The third-order valence-electron chi connectivity index (χ3n) is 4.81. The average Bonchev–Trinajstić information content (AvgIpc) is 2.71. The molecule has 0 atom stereocenters. The van der Waals surface area contributed by atoms with Crippen LogP contribution in [-0.2, 0) is 26.7 Å². The Hall–Kier alpha value is -2.54. The number of benzene rings is 3. The maximum atomic E-state index is 12.5. The second-order valence-electron chi connectivity index (χ2n) is 8.43. The van der Waals surface area contributed by atoms with Crippen LogP contribution in [0.5, 0.6) is 0 Å². The first-order valence-electron chi connectivity index (χ1n) is 9.91. The summed E-state index contributed by atoms with van der Waals surface area (Å²) in [7, 11) is -3.82. The van der Waals surface area contributed by atoms with Crippen molar-refractivity contribution in [2.24, 2.45) is 0 Å². The molecule has 168 valence electrons. The van der Waals surface area contributed by atoms with E-state index in [9.17, 15) is 13.2 Å². The lowest BCUT2D eigenvalue weighted by molar-refractivity contribution is -0.115. The number of anilines is 2. The predicted octanol–water partition coefficient (Wildman–Crippen LogP) is 6.27. The normalized spacial score (nSPS) is 11.8. The van der Waals surface area contributed by atoms with E-state index in [1.165, 1.54) is 23.8 Å². The third kappa shape index (κ3) is 6.25. The van der Waals surface area contributed by atoms with Crippen LogP contribution in [0, 0.1) is 0 Å². The minimum atomic E-state index is -3.82. The number of carbonyl (C=O) groups excluding carboxylic acids is 1. The van der Waals surface area contributed by atoms with Crippen molar-refractivity contribution >= 4 is 50.5 Å². The van der Waals surface area contributed by atoms with Gasteiger partial charge in [-0.15, -0.1) is 0 Å². The van der Waals surface area contributed by atoms with Gasteiger partial charge in [-0.25, -0.2) is 8.42 Å². The van der Waals surface area contributed by atoms with E-state index in [0.717, 1.165) is 11.3 Å². The SMILES string of the molecule is CC(C)(C)c1ccc(NC(=O)Cc2ccc(NS(=O)(=O)c3ccc(Cl)c(Cl)c3)cc2)cc1. The number of sulfonamides is 1. The predicted molar refractivity (Wildman–Crippen MR) is 131 cm³/mol. The van der Waals surface area contributed by atoms with Crippen molar-refractivity contribution in [1.29, 1.82) is 0 Å². The maximum Gasteiger partial charge on any atom is 0.261 e. The third-order valence-corrected chi connectivity index (χ3v) is 6.92. The molecule has 0 heterocycles. The summed E-state index contributed by atoms with van der Waals surface area (Å²) in [6, 6.07) is 18.5. The lowest BCUT2D eigenvalue weighted by Gasteiger charge is -2.19. The van der Waals surface area contributed by atoms with Crippen LogP contribution in [0.4, 0.5) is 11.4 Å².